The fourth-order valence-corrected chi connectivity index (χ4v) is 1.91. The quantitative estimate of drug-likeness (QED) is 0.858. The van der Waals surface area contributed by atoms with E-state index in [9.17, 15) is 4.79 Å². The van der Waals surface area contributed by atoms with E-state index in [4.69, 9.17) is 10.5 Å². The number of rotatable bonds is 5. The molecule has 0 spiro atoms. The van der Waals surface area contributed by atoms with Crippen molar-refractivity contribution >= 4 is 5.97 Å². The first-order valence-electron chi connectivity index (χ1n) is 6.75. The first-order chi connectivity index (χ1) is 10.1. The molecule has 0 fully saturated rings. The summed E-state index contributed by atoms with van der Waals surface area (Å²) >= 11 is 0. The second-order valence-electron chi connectivity index (χ2n) is 4.84. The van der Waals surface area contributed by atoms with Gasteiger partial charge in [-0.15, -0.1) is 0 Å². The Labute approximate surface area is 124 Å². The second-order valence-corrected chi connectivity index (χ2v) is 4.84. The Morgan fingerprint density at radius 1 is 1.19 bits per heavy atom. The van der Waals surface area contributed by atoms with Crippen LogP contribution in [0.15, 0.2) is 48.5 Å². The minimum absolute atomic E-state index is 0.0205. The molecule has 0 bridgehead atoms. The third-order valence-electron chi connectivity index (χ3n) is 3.16. The number of methoxy groups -OCH3 is 1. The first kappa shape index (κ1) is 15.1. The summed E-state index contributed by atoms with van der Waals surface area (Å²) in [7, 11) is 1.37. The van der Waals surface area contributed by atoms with E-state index >= 15 is 0 Å². The average molecular weight is 285 g/mol. The van der Waals surface area contributed by atoms with Gasteiger partial charge in [-0.05, 0) is 42.3 Å². The number of ether oxygens (including phenoxy) is 2. The molecule has 4 nitrogen and oxygen atoms in total. The molecule has 0 radical (unpaired) electrons. The molecule has 4 heteroatoms. The molecule has 0 aliphatic carbocycles. The molecule has 0 heterocycles. The monoisotopic (exact) mass is 285 g/mol. The van der Waals surface area contributed by atoms with Crippen molar-refractivity contribution in [3.05, 3.63) is 65.2 Å². The molecule has 0 aromatic heterocycles. The lowest BCUT2D eigenvalue weighted by molar-refractivity contribution is 0.0600. The largest absolute Gasteiger partial charge is 0.489 e. The van der Waals surface area contributed by atoms with Gasteiger partial charge in [0.05, 0.1) is 12.7 Å². The normalized spacial score (nSPS) is 11.8. The number of esters is 1. The molecule has 0 saturated carbocycles. The van der Waals surface area contributed by atoms with Gasteiger partial charge in [0.1, 0.15) is 12.4 Å². The van der Waals surface area contributed by atoms with Gasteiger partial charge in [-0.25, -0.2) is 4.79 Å². The highest BCUT2D eigenvalue weighted by Crippen LogP contribution is 2.19. The Kier molecular flexibility index (Phi) is 4.95. The fourth-order valence-electron chi connectivity index (χ4n) is 1.91. The summed E-state index contributed by atoms with van der Waals surface area (Å²) in [6, 6.07) is 14.9. The third-order valence-corrected chi connectivity index (χ3v) is 3.16. The number of hydrogen-bond donors (Lipinski definition) is 1. The Morgan fingerprint density at radius 2 is 1.90 bits per heavy atom. The van der Waals surface area contributed by atoms with Gasteiger partial charge in [-0.3, -0.25) is 0 Å². The van der Waals surface area contributed by atoms with Crippen molar-refractivity contribution in [2.45, 2.75) is 19.6 Å². The highest BCUT2D eigenvalue weighted by Gasteiger charge is 2.05. The molecular formula is C17H19NO3. The lowest BCUT2D eigenvalue weighted by Crippen LogP contribution is -2.05. The van der Waals surface area contributed by atoms with Crippen molar-refractivity contribution in [1.29, 1.82) is 0 Å². The van der Waals surface area contributed by atoms with Crippen molar-refractivity contribution in [3.8, 4) is 5.75 Å². The lowest BCUT2D eigenvalue weighted by Gasteiger charge is -2.10. The molecule has 110 valence electrons. The zero-order chi connectivity index (χ0) is 15.2. The molecule has 2 aromatic carbocycles. The van der Waals surface area contributed by atoms with Gasteiger partial charge in [0.2, 0.25) is 0 Å². The molecule has 0 aliphatic heterocycles. The Bertz CT molecular complexity index is 606. The number of carbonyl (C=O) groups is 1. The standard InChI is InChI=1S/C17H19NO3/c1-12(18)15-4-3-5-16(10-15)21-11-13-6-8-14(9-7-13)17(19)20-2/h3-10,12H,11,18H2,1-2H3. The summed E-state index contributed by atoms with van der Waals surface area (Å²) < 4.78 is 10.4. The van der Waals surface area contributed by atoms with Crippen LogP contribution in [0.25, 0.3) is 0 Å². The van der Waals surface area contributed by atoms with Crippen molar-refractivity contribution in [2.24, 2.45) is 5.73 Å². The van der Waals surface area contributed by atoms with Gasteiger partial charge in [0.25, 0.3) is 0 Å². The molecule has 2 rings (SSSR count). The van der Waals surface area contributed by atoms with Gasteiger partial charge in [-0.1, -0.05) is 24.3 Å². The Morgan fingerprint density at radius 3 is 2.52 bits per heavy atom. The van der Waals surface area contributed by atoms with Crippen molar-refractivity contribution in [2.75, 3.05) is 7.11 Å². The maximum Gasteiger partial charge on any atom is 0.337 e. The first-order valence-corrected chi connectivity index (χ1v) is 6.75. The lowest BCUT2D eigenvalue weighted by atomic mass is 10.1. The highest BCUT2D eigenvalue weighted by molar-refractivity contribution is 5.89. The molecule has 1 atom stereocenters. The van der Waals surface area contributed by atoms with Crippen molar-refractivity contribution < 1.29 is 14.3 Å². The average Bonchev–Trinajstić information content (AvgIpc) is 2.53. The summed E-state index contributed by atoms with van der Waals surface area (Å²) in [4.78, 5) is 11.3. The van der Waals surface area contributed by atoms with Gasteiger partial charge in [0.15, 0.2) is 0 Å². The summed E-state index contributed by atoms with van der Waals surface area (Å²) in [5.74, 6) is 0.439. The Balaban J connectivity index is 2.00. The van der Waals surface area contributed by atoms with Crippen LogP contribution in [0, 0.1) is 0 Å². The number of nitrogens with two attached hydrogens (primary N) is 1. The third kappa shape index (κ3) is 4.07. The molecule has 1 unspecified atom stereocenters. The Hall–Kier alpha value is -2.33. The molecule has 0 saturated heterocycles. The minimum Gasteiger partial charge on any atom is -0.489 e. The van der Waals surface area contributed by atoms with Crippen LogP contribution < -0.4 is 10.5 Å². The van der Waals surface area contributed by atoms with E-state index in [-0.39, 0.29) is 12.0 Å². The van der Waals surface area contributed by atoms with E-state index in [1.165, 1.54) is 7.11 Å². The number of hydrogen-bond acceptors (Lipinski definition) is 4. The number of benzene rings is 2. The maximum atomic E-state index is 11.3. The molecule has 2 N–H and O–H groups in total. The summed E-state index contributed by atoms with van der Waals surface area (Å²) in [5.41, 5.74) is 8.39. The van der Waals surface area contributed by atoms with Crippen molar-refractivity contribution in [1.82, 2.24) is 0 Å². The predicted molar refractivity (Wildman–Crippen MR) is 81.2 cm³/mol. The maximum absolute atomic E-state index is 11.3. The summed E-state index contributed by atoms with van der Waals surface area (Å²) in [6.45, 7) is 2.37. The highest BCUT2D eigenvalue weighted by atomic mass is 16.5. The van der Waals surface area contributed by atoms with Crippen LogP contribution in [-0.2, 0) is 11.3 Å². The summed E-state index contributed by atoms with van der Waals surface area (Å²) in [5, 5.41) is 0. The van der Waals surface area contributed by atoms with E-state index in [0.29, 0.717) is 12.2 Å². The molecule has 0 aliphatic rings. The molecular weight excluding hydrogens is 266 g/mol. The van der Waals surface area contributed by atoms with Gasteiger partial charge < -0.3 is 15.2 Å². The zero-order valence-corrected chi connectivity index (χ0v) is 12.2. The van der Waals surface area contributed by atoms with E-state index < -0.39 is 0 Å². The van der Waals surface area contributed by atoms with Gasteiger partial charge in [-0.2, -0.15) is 0 Å². The topological polar surface area (TPSA) is 61.5 Å². The predicted octanol–water partition coefficient (Wildman–Crippen LogP) is 3.07. The molecule has 2 aromatic rings. The van der Waals surface area contributed by atoms with Crippen LogP contribution in [0.4, 0.5) is 0 Å². The van der Waals surface area contributed by atoms with Crippen LogP contribution in [0.2, 0.25) is 0 Å². The van der Waals surface area contributed by atoms with E-state index in [0.717, 1.165) is 16.9 Å². The van der Waals surface area contributed by atoms with Crippen LogP contribution in [-0.4, -0.2) is 13.1 Å². The zero-order valence-electron chi connectivity index (χ0n) is 12.2. The van der Waals surface area contributed by atoms with Crippen LogP contribution in [0.5, 0.6) is 5.75 Å². The fraction of sp³-hybridized carbons (Fsp3) is 0.235. The van der Waals surface area contributed by atoms with Gasteiger partial charge in [0, 0.05) is 6.04 Å². The second kappa shape index (κ2) is 6.90. The van der Waals surface area contributed by atoms with Crippen LogP contribution in [0.1, 0.15) is 34.5 Å². The van der Waals surface area contributed by atoms with E-state index in [2.05, 4.69) is 4.74 Å². The van der Waals surface area contributed by atoms with E-state index in [1.54, 1.807) is 12.1 Å². The van der Waals surface area contributed by atoms with Crippen LogP contribution >= 0.6 is 0 Å². The molecule has 21 heavy (non-hydrogen) atoms. The SMILES string of the molecule is COC(=O)c1ccc(COc2cccc(C(C)N)c2)cc1. The van der Waals surface area contributed by atoms with Crippen molar-refractivity contribution in [3.63, 3.8) is 0 Å². The van der Waals surface area contributed by atoms with E-state index in [1.807, 2.05) is 43.3 Å². The summed E-state index contributed by atoms with van der Waals surface area (Å²) in [6.07, 6.45) is 0. The smallest absolute Gasteiger partial charge is 0.337 e. The van der Waals surface area contributed by atoms with Crippen LogP contribution in [0.3, 0.4) is 0 Å². The number of carbonyl (C=O) groups excluding carboxylic acids is 1. The minimum atomic E-state index is -0.341. The van der Waals surface area contributed by atoms with Gasteiger partial charge >= 0.3 is 5.97 Å². The molecule has 0 amide bonds.